The molecule has 2 heteroatoms. The summed E-state index contributed by atoms with van der Waals surface area (Å²) in [7, 11) is 0. The van der Waals surface area contributed by atoms with Crippen molar-refractivity contribution in [1.29, 1.82) is 0 Å². The summed E-state index contributed by atoms with van der Waals surface area (Å²) in [6, 6.07) is 0. The lowest BCUT2D eigenvalue weighted by Gasteiger charge is -2.13. The Morgan fingerprint density at radius 3 is 1.63 bits per heavy atom. The molecule has 0 aromatic rings. The Labute approximate surface area is 121 Å². The molecule has 2 atom stereocenters. The largest absolute Gasteiger partial charge is 0.379 e. The Balaban J connectivity index is 3.21. The lowest BCUT2D eigenvalue weighted by atomic mass is 10.0. The van der Waals surface area contributed by atoms with Crippen LogP contribution in [0.2, 0.25) is 0 Å². The van der Waals surface area contributed by atoms with E-state index in [1.807, 2.05) is 0 Å². The molecule has 0 fully saturated rings. The van der Waals surface area contributed by atoms with Crippen molar-refractivity contribution in [2.75, 3.05) is 26.4 Å². The number of rotatable bonds is 14. The summed E-state index contributed by atoms with van der Waals surface area (Å²) in [6.07, 6.45) is 9.17. The van der Waals surface area contributed by atoms with Crippen LogP contribution in [0.5, 0.6) is 0 Å². The van der Waals surface area contributed by atoms with E-state index in [2.05, 4.69) is 27.7 Å². The quantitative estimate of drug-likeness (QED) is 0.411. The van der Waals surface area contributed by atoms with E-state index in [4.69, 9.17) is 9.47 Å². The molecule has 0 N–H and O–H groups in total. The highest BCUT2D eigenvalue weighted by Gasteiger charge is 2.03. The first-order valence-electron chi connectivity index (χ1n) is 8.36. The van der Waals surface area contributed by atoms with E-state index in [1.54, 1.807) is 0 Å². The van der Waals surface area contributed by atoms with E-state index in [0.717, 1.165) is 26.4 Å². The third kappa shape index (κ3) is 14.1. The molecule has 0 rings (SSSR count). The zero-order chi connectivity index (χ0) is 14.3. The van der Waals surface area contributed by atoms with Gasteiger partial charge in [0.2, 0.25) is 0 Å². The summed E-state index contributed by atoms with van der Waals surface area (Å²) in [6.45, 7) is 12.3. The average molecular weight is 272 g/mol. The van der Waals surface area contributed by atoms with E-state index in [9.17, 15) is 0 Å². The van der Waals surface area contributed by atoms with Crippen molar-refractivity contribution in [1.82, 2.24) is 0 Å². The van der Waals surface area contributed by atoms with Gasteiger partial charge in [-0.3, -0.25) is 0 Å². The average Bonchev–Trinajstić information content (AvgIpc) is 2.40. The molecule has 0 bridgehead atoms. The smallest absolute Gasteiger partial charge is 0.0700 e. The minimum atomic E-state index is 0.688. The molecule has 0 aliphatic heterocycles. The molecular formula is C17H36O2. The Kier molecular flexibility index (Phi) is 14.3. The molecule has 0 heterocycles. The Morgan fingerprint density at radius 2 is 1.16 bits per heavy atom. The first-order valence-corrected chi connectivity index (χ1v) is 8.36. The number of hydrogen-bond donors (Lipinski definition) is 0. The summed E-state index contributed by atoms with van der Waals surface area (Å²) in [4.78, 5) is 0. The maximum atomic E-state index is 5.66. The minimum absolute atomic E-state index is 0.688. The van der Waals surface area contributed by atoms with Crippen LogP contribution in [0.25, 0.3) is 0 Å². The highest BCUT2D eigenvalue weighted by Crippen LogP contribution is 2.10. The van der Waals surface area contributed by atoms with Crippen LogP contribution in [0.3, 0.4) is 0 Å². The van der Waals surface area contributed by atoms with Crippen LogP contribution in [-0.2, 0) is 9.47 Å². The normalized spacial score (nSPS) is 14.5. The van der Waals surface area contributed by atoms with Crippen molar-refractivity contribution in [2.24, 2.45) is 11.8 Å². The second kappa shape index (κ2) is 14.3. The molecule has 0 spiro atoms. The van der Waals surface area contributed by atoms with Gasteiger partial charge in [-0.25, -0.2) is 0 Å². The van der Waals surface area contributed by atoms with Crippen molar-refractivity contribution in [2.45, 2.75) is 72.6 Å². The van der Waals surface area contributed by atoms with Gasteiger partial charge < -0.3 is 9.47 Å². The van der Waals surface area contributed by atoms with Gasteiger partial charge in [0.05, 0.1) is 13.2 Å². The van der Waals surface area contributed by atoms with E-state index >= 15 is 0 Å². The number of ether oxygens (including phenoxy) is 2. The highest BCUT2D eigenvalue weighted by molar-refractivity contribution is 4.53. The molecule has 116 valence electrons. The Hall–Kier alpha value is -0.0800. The van der Waals surface area contributed by atoms with Crippen molar-refractivity contribution in [3.05, 3.63) is 0 Å². The van der Waals surface area contributed by atoms with Gasteiger partial charge in [0, 0.05) is 13.2 Å². The van der Waals surface area contributed by atoms with Gasteiger partial charge in [-0.05, 0) is 24.7 Å². The van der Waals surface area contributed by atoms with E-state index in [1.165, 1.54) is 44.9 Å². The van der Waals surface area contributed by atoms with Crippen LogP contribution in [0.15, 0.2) is 0 Å². The maximum Gasteiger partial charge on any atom is 0.0700 e. The summed E-state index contributed by atoms with van der Waals surface area (Å²) >= 11 is 0. The lowest BCUT2D eigenvalue weighted by Crippen LogP contribution is -2.13. The van der Waals surface area contributed by atoms with E-state index in [0.29, 0.717) is 11.8 Å². The van der Waals surface area contributed by atoms with Gasteiger partial charge in [-0.1, -0.05) is 59.8 Å². The van der Waals surface area contributed by atoms with Gasteiger partial charge in [-0.2, -0.15) is 0 Å². The fourth-order valence-electron chi connectivity index (χ4n) is 2.15. The van der Waals surface area contributed by atoms with Gasteiger partial charge in [0.1, 0.15) is 0 Å². The molecular weight excluding hydrogens is 236 g/mol. The van der Waals surface area contributed by atoms with Crippen molar-refractivity contribution in [3.63, 3.8) is 0 Å². The topological polar surface area (TPSA) is 18.5 Å². The van der Waals surface area contributed by atoms with Crippen molar-refractivity contribution in [3.8, 4) is 0 Å². The summed E-state index contributed by atoms with van der Waals surface area (Å²) < 4.78 is 11.3. The monoisotopic (exact) mass is 272 g/mol. The Bertz CT molecular complexity index is 171. The van der Waals surface area contributed by atoms with Gasteiger partial charge in [0.15, 0.2) is 0 Å². The van der Waals surface area contributed by atoms with Crippen LogP contribution in [0, 0.1) is 11.8 Å². The van der Waals surface area contributed by atoms with Crippen LogP contribution >= 0.6 is 0 Å². The SMILES string of the molecule is CCCCCC(C)COCCOCC(C)CCCC. The number of unbranched alkanes of at least 4 members (excludes halogenated alkanes) is 3. The predicted molar refractivity (Wildman–Crippen MR) is 83.6 cm³/mol. The molecule has 0 saturated heterocycles. The second-order valence-electron chi connectivity index (χ2n) is 6.00. The predicted octanol–water partition coefficient (Wildman–Crippen LogP) is 5.06. The molecule has 0 amide bonds. The standard InChI is InChI=1S/C17H36O2/c1-5-7-9-11-17(4)15-19-13-12-18-14-16(3)10-8-6-2/h16-17H,5-15H2,1-4H3. The van der Waals surface area contributed by atoms with Crippen LogP contribution in [0.4, 0.5) is 0 Å². The van der Waals surface area contributed by atoms with Crippen LogP contribution in [-0.4, -0.2) is 26.4 Å². The number of hydrogen-bond acceptors (Lipinski definition) is 2. The van der Waals surface area contributed by atoms with Crippen molar-refractivity contribution < 1.29 is 9.47 Å². The fourth-order valence-corrected chi connectivity index (χ4v) is 2.15. The van der Waals surface area contributed by atoms with E-state index < -0.39 is 0 Å². The third-order valence-electron chi connectivity index (χ3n) is 3.53. The summed E-state index contributed by atoms with van der Waals surface area (Å²) in [5.74, 6) is 1.38. The molecule has 2 nitrogen and oxygen atoms in total. The molecule has 0 aromatic heterocycles. The first-order chi connectivity index (χ1) is 9.20. The van der Waals surface area contributed by atoms with Crippen molar-refractivity contribution >= 4 is 0 Å². The maximum absolute atomic E-state index is 5.66. The van der Waals surface area contributed by atoms with Crippen LogP contribution in [0.1, 0.15) is 72.6 Å². The molecule has 0 aliphatic rings. The first kappa shape index (κ1) is 18.9. The zero-order valence-electron chi connectivity index (χ0n) is 13.7. The van der Waals surface area contributed by atoms with E-state index in [-0.39, 0.29) is 0 Å². The molecule has 19 heavy (non-hydrogen) atoms. The molecule has 0 radical (unpaired) electrons. The molecule has 0 aliphatic carbocycles. The second-order valence-corrected chi connectivity index (χ2v) is 6.00. The zero-order valence-corrected chi connectivity index (χ0v) is 13.7. The summed E-state index contributed by atoms with van der Waals surface area (Å²) in [5, 5.41) is 0. The fraction of sp³-hybridized carbons (Fsp3) is 1.00. The minimum Gasteiger partial charge on any atom is -0.379 e. The van der Waals surface area contributed by atoms with Gasteiger partial charge in [-0.15, -0.1) is 0 Å². The molecule has 2 unspecified atom stereocenters. The Morgan fingerprint density at radius 1 is 0.684 bits per heavy atom. The lowest BCUT2D eigenvalue weighted by molar-refractivity contribution is 0.0234. The van der Waals surface area contributed by atoms with Gasteiger partial charge in [0.25, 0.3) is 0 Å². The van der Waals surface area contributed by atoms with Gasteiger partial charge >= 0.3 is 0 Å². The molecule has 0 saturated carbocycles. The highest BCUT2D eigenvalue weighted by atomic mass is 16.5. The third-order valence-corrected chi connectivity index (χ3v) is 3.53. The molecule has 0 aromatic carbocycles. The van der Waals surface area contributed by atoms with Crippen LogP contribution < -0.4 is 0 Å². The summed E-state index contributed by atoms with van der Waals surface area (Å²) in [5.41, 5.74) is 0.